The van der Waals surface area contributed by atoms with Gasteiger partial charge in [0.15, 0.2) is 6.10 Å². The zero-order valence-electron chi connectivity index (χ0n) is 19.5. The predicted octanol–water partition coefficient (Wildman–Crippen LogP) is 7.06. The van der Waals surface area contributed by atoms with Crippen LogP contribution in [0.5, 0.6) is 17.2 Å². The molecule has 0 fully saturated rings. The molecule has 0 spiro atoms. The molecule has 0 saturated carbocycles. The summed E-state index contributed by atoms with van der Waals surface area (Å²) < 4.78 is 17.6. The van der Waals surface area contributed by atoms with Crippen LogP contribution in [0.15, 0.2) is 72.8 Å². The maximum atomic E-state index is 12.9. The van der Waals surface area contributed by atoms with Crippen molar-refractivity contribution in [2.45, 2.75) is 53.2 Å². The van der Waals surface area contributed by atoms with E-state index in [0.717, 1.165) is 22.6 Å². The van der Waals surface area contributed by atoms with Gasteiger partial charge in [0.2, 0.25) is 0 Å². The van der Waals surface area contributed by atoms with Crippen molar-refractivity contribution in [1.82, 2.24) is 0 Å². The topological polar surface area (TPSA) is 44.8 Å². The summed E-state index contributed by atoms with van der Waals surface area (Å²) in [5.74, 6) is 2.16. The Balaban J connectivity index is 1.66. The van der Waals surface area contributed by atoms with Crippen LogP contribution in [0.2, 0.25) is 0 Å². The largest absolute Gasteiger partial charge is 0.478 e. The molecule has 32 heavy (non-hydrogen) atoms. The Morgan fingerprint density at radius 2 is 1.56 bits per heavy atom. The number of hydrogen-bond acceptors (Lipinski definition) is 4. The Morgan fingerprint density at radius 1 is 0.844 bits per heavy atom. The number of ether oxygens (including phenoxy) is 3. The van der Waals surface area contributed by atoms with Crippen molar-refractivity contribution in [2.24, 2.45) is 5.92 Å². The summed E-state index contributed by atoms with van der Waals surface area (Å²) in [4.78, 5) is 12.9. The number of benzene rings is 3. The van der Waals surface area contributed by atoms with E-state index < -0.39 is 6.10 Å². The van der Waals surface area contributed by atoms with Gasteiger partial charge in [-0.05, 0) is 59.9 Å². The molecule has 0 bridgehead atoms. The van der Waals surface area contributed by atoms with Crippen molar-refractivity contribution in [2.75, 3.05) is 0 Å². The Labute approximate surface area is 191 Å². The molecule has 3 rings (SSSR count). The number of hydrogen-bond donors (Lipinski definition) is 0. The first-order valence-corrected chi connectivity index (χ1v) is 11.1. The van der Waals surface area contributed by atoms with E-state index in [1.807, 2.05) is 87.5 Å². The number of carbonyl (C=O) groups is 1. The van der Waals surface area contributed by atoms with Gasteiger partial charge in [-0.2, -0.15) is 0 Å². The molecule has 0 saturated heterocycles. The third-order valence-corrected chi connectivity index (χ3v) is 5.23. The van der Waals surface area contributed by atoms with Gasteiger partial charge in [0.1, 0.15) is 23.9 Å². The molecule has 0 aromatic heterocycles. The fourth-order valence-electron chi connectivity index (χ4n) is 3.26. The van der Waals surface area contributed by atoms with Gasteiger partial charge in [-0.25, -0.2) is 4.79 Å². The van der Waals surface area contributed by atoms with Crippen molar-refractivity contribution in [3.8, 4) is 17.2 Å². The molecule has 1 unspecified atom stereocenters. The molecule has 0 aliphatic rings. The third-order valence-electron chi connectivity index (χ3n) is 5.23. The van der Waals surface area contributed by atoms with Gasteiger partial charge in [0, 0.05) is 5.92 Å². The summed E-state index contributed by atoms with van der Waals surface area (Å²) in [6.45, 7) is 10.3. The quantitative estimate of drug-likeness (QED) is 0.340. The first kappa shape index (κ1) is 23.4. The summed E-state index contributed by atoms with van der Waals surface area (Å²) in [5, 5.41) is 0. The van der Waals surface area contributed by atoms with Gasteiger partial charge in [-0.3, -0.25) is 0 Å². The van der Waals surface area contributed by atoms with Crippen LogP contribution in [0.3, 0.4) is 0 Å². The highest BCUT2D eigenvalue weighted by molar-refractivity contribution is 5.75. The maximum absolute atomic E-state index is 12.9. The SMILES string of the molecule is Cc1ccc(C(C)C)cc1OC(C(=O)OCc1cccc(Oc2ccccc2)c1)C(C)C. The molecule has 168 valence electrons. The number of esters is 1. The minimum absolute atomic E-state index is 0.0302. The molecule has 0 radical (unpaired) electrons. The Bertz CT molecular complexity index is 1020. The fourth-order valence-corrected chi connectivity index (χ4v) is 3.26. The zero-order chi connectivity index (χ0) is 23.1. The summed E-state index contributed by atoms with van der Waals surface area (Å²) in [7, 11) is 0. The first-order valence-electron chi connectivity index (χ1n) is 11.1. The van der Waals surface area contributed by atoms with E-state index in [1.165, 1.54) is 5.56 Å². The Hall–Kier alpha value is -3.27. The van der Waals surface area contributed by atoms with Crippen LogP contribution in [0.25, 0.3) is 0 Å². The Kier molecular flexibility index (Phi) is 7.93. The molecule has 0 aliphatic carbocycles. The predicted molar refractivity (Wildman–Crippen MR) is 127 cm³/mol. The van der Waals surface area contributed by atoms with E-state index in [4.69, 9.17) is 14.2 Å². The second-order valence-corrected chi connectivity index (χ2v) is 8.63. The fraction of sp³-hybridized carbons (Fsp3) is 0.321. The van der Waals surface area contributed by atoms with E-state index >= 15 is 0 Å². The smallest absolute Gasteiger partial charge is 0.347 e. The molecule has 0 N–H and O–H groups in total. The molecular formula is C28H32O4. The molecule has 3 aromatic rings. The zero-order valence-corrected chi connectivity index (χ0v) is 19.5. The van der Waals surface area contributed by atoms with Gasteiger partial charge in [0.25, 0.3) is 0 Å². The average Bonchev–Trinajstić information content (AvgIpc) is 2.77. The number of carbonyl (C=O) groups excluding carboxylic acids is 1. The standard InChI is InChI=1S/C28H32O4/c1-19(2)23-15-14-21(5)26(17-23)32-27(20(3)4)28(29)30-18-22-10-9-13-25(16-22)31-24-11-7-6-8-12-24/h6-17,19-20,27H,18H2,1-5H3. The summed E-state index contributed by atoms with van der Waals surface area (Å²) >= 11 is 0. The first-order chi connectivity index (χ1) is 15.3. The lowest BCUT2D eigenvalue weighted by Gasteiger charge is -2.23. The molecule has 0 aliphatic heterocycles. The molecule has 1 atom stereocenters. The van der Waals surface area contributed by atoms with E-state index in [9.17, 15) is 4.79 Å². The van der Waals surface area contributed by atoms with E-state index in [2.05, 4.69) is 19.9 Å². The van der Waals surface area contributed by atoms with Crippen LogP contribution in [0.1, 0.15) is 50.3 Å². The molecule has 4 nitrogen and oxygen atoms in total. The lowest BCUT2D eigenvalue weighted by molar-refractivity contribution is -0.155. The summed E-state index contributed by atoms with van der Waals surface area (Å²) in [6.07, 6.45) is -0.681. The summed E-state index contributed by atoms with van der Waals surface area (Å²) in [5.41, 5.74) is 3.03. The monoisotopic (exact) mass is 432 g/mol. The maximum Gasteiger partial charge on any atom is 0.347 e. The van der Waals surface area contributed by atoms with Crippen LogP contribution in [0, 0.1) is 12.8 Å². The normalized spacial score (nSPS) is 12.0. The minimum Gasteiger partial charge on any atom is -0.478 e. The lowest BCUT2D eigenvalue weighted by Crippen LogP contribution is -2.34. The van der Waals surface area contributed by atoms with Crippen molar-refractivity contribution in [3.63, 3.8) is 0 Å². The van der Waals surface area contributed by atoms with Crippen molar-refractivity contribution in [3.05, 3.63) is 89.5 Å². The minimum atomic E-state index is -0.681. The van der Waals surface area contributed by atoms with E-state index in [-0.39, 0.29) is 18.5 Å². The highest BCUT2D eigenvalue weighted by Crippen LogP contribution is 2.27. The van der Waals surface area contributed by atoms with Crippen molar-refractivity contribution < 1.29 is 19.0 Å². The van der Waals surface area contributed by atoms with Crippen LogP contribution in [-0.2, 0) is 16.1 Å². The second-order valence-electron chi connectivity index (χ2n) is 8.63. The van der Waals surface area contributed by atoms with Crippen LogP contribution in [0.4, 0.5) is 0 Å². The van der Waals surface area contributed by atoms with Crippen molar-refractivity contribution >= 4 is 5.97 Å². The third kappa shape index (κ3) is 6.36. The summed E-state index contributed by atoms with van der Waals surface area (Å²) in [6, 6.07) is 23.3. The second kappa shape index (κ2) is 10.9. The number of rotatable bonds is 9. The van der Waals surface area contributed by atoms with Crippen LogP contribution >= 0.6 is 0 Å². The van der Waals surface area contributed by atoms with E-state index in [0.29, 0.717) is 11.7 Å². The number of para-hydroxylation sites is 1. The van der Waals surface area contributed by atoms with Crippen molar-refractivity contribution in [1.29, 1.82) is 0 Å². The van der Waals surface area contributed by atoms with Gasteiger partial charge >= 0.3 is 5.97 Å². The molecular weight excluding hydrogens is 400 g/mol. The lowest BCUT2D eigenvalue weighted by atomic mass is 10.0. The number of aryl methyl sites for hydroxylation is 1. The molecule has 0 heterocycles. The molecule has 0 amide bonds. The molecule has 3 aromatic carbocycles. The van der Waals surface area contributed by atoms with Gasteiger partial charge in [-0.1, -0.05) is 70.2 Å². The van der Waals surface area contributed by atoms with E-state index in [1.54, 1.807) is 0 Å². The van der Waals surface area contributed by atoms with Gasteiger partial charge in [0.05, 0.1) is 0 Å². The highest BCUT2D eigenvalue weighted by atomic mass is 16.6. The van der Waals surface area contributed by atoms with Gasteiger partial charge < -0.3 is 14.2 Å². The highest BCUT2D eigenvalue weighted by Gasteiger charge is 2.27. The van der Waals surface area contributed by atoms with Crippen LogP contribution < -0.4 is 9.47 Å². The Morgan fingerprint density at radius 3 is 2.25 bits per heavy atom. The molecule has 4 heteroatoms. The average molecular weight is 433 g/mol. The van der Waals surface area contributed by atoms with Crippen LogP contribution in [-0.4, -0.2) is 12.1 Å². The van der Waals surface area contributed by atoms with Gasteiger partial charge in [-0.15, -0.1) is 0 Å².